The van der Waals surface area contributed by atoms with Crippen LogP contribution in [0.2, 0.25) is 0 Å². The summed E-state index contributed by atoms with van der Waals surface area (Å²) < 4.78 is 10.6. The summed E-state index contributed by atoms with van der Waals surface area (Å²) in [5, 5.41) is 3.61. The summed E-state index contributed by atoms with van der Waals surface area (Å²) >= 11 is 0. The summed E-state index contributed by atoms with van der Waals surface area (Å²) in [6.45, 7) is 6.82. The first-order valence-electron chi connectivity index (χ1n) is 4.57. The number of azide groups is 1. The lowest BCUT2D eigenvalue weighted by Gasteiger charge is -2.21. The van der Waals surface area contributed by atoms with Gasteiger partial charge in [0.25, 0.3) is 0 Å². The zero-order valence-electron chi connectivity index (χ0n) is 8.43. The van der Waals surface area contributed by atoms with E-state index in [0.29, 0.717) is 19.6 Å². The maximum absolute atomic E-state index is 8.30. The van der Waals surface area contributed by atoms with E-state index in [1.165, 1.54) is 0 Å². The molecule has 0 aromatic rings. The quantitative estimate of drug-likeness (QED) is 0.266. The van der Waals surface area contributed by atoms with Crippen LogP contribution in [0.5, 0.6) is 0 Å². The fraction of sp³-hybridized carbons (Fsp3) is 1.00. The SMILES string of the molecule is CCOC(OCC)C(CC)N=[N+]=[N-]. The third kappa shape index (κ3) is 4.72. The van der Waals surface area contributed by atoms with E-state index in [1.54, 1.807) is 0 Å². The molecule has 0 aromatic heterocycles. The van der Waals surface area contributed by atoms with Gasteiger partial charge >= 0.3 is 0 Å². The fourth-order valence-electron chi connectivity index (χ4n) is 0.994. The Morgan fingerprint density at radius 1 is 1.23 bits per heavy atom. The van der Waals surface area contributed by atoms with Crippen LogP contribution in [-0.4, -0.2) is 25.5 Å². The van der Waals surface area contributed by atoms with Crippen LogP contribution in [0, 0.1) is 0 Å². The zero-order chi connectivity index (χ0) is 10.1. The number of nitrogens with zero attached hydrogens (tertiary/aromatic N) is 3. The molecule has 0 aromatic carbocycles. The van der Waals surface area contributed by atoms with Crippen LogP contribution in [0.1, 0.15) is 27.2 Å². The average Bonchev–Trinajstić information content (AvgIpc) is 2.14. The highest BCUT2D eigenvalue weighted by Gasteiger charge is 2.18. The molecule has 0 rings (SSSR count). The first kappa shape index (κ1) is 12.2. The van der Waals surface area contributed by atoms with Crippen LogP contribution >= 0.6 is 0 Å². The van der Waals surface area contributed by atoms with Crippen LogP contribution < -0.4 is 0 Å². The normalized spacial score (nSPS) is 12.6. The topological polar surface area (TPSA) is 67.2 Å². The molecular formula is C8H17N3O2. The predicted octanol–water partition coefficient (Wildman–Crippen LogP) is 2.47. The van der Waals surface area contributed by atoms with Gasteiger partial charge in [0.2, 0.25) is 0 Å². The fourth-order valence-corrected chi connectivity index (χ4v) is 0.994. The van der Waals surface area contributed by atoms with Crippen molar-refractivity contribution in [2.24, 2.45) is 5.11 Å². The molecule has 0 N–H and O–H groups in total. The standard InChI is InChI=1S/C8H17N3O2/c1-4-7(10-11-9)8(12-5-2)13-6-3/h7-8H,4-6H2,1-3H3. The van der Waals surface area contributed by atoms with Crippen molar-refractivity contribution in [3.05, 3.63) is 10.4 Å². The summed E-state index contributed by atoms with van der Waals surface area (Å²) in [5.41, 5.74) is 8.30. The lowest BCUT2D eigenvalue weighted by molar-refractivity contribution is -0.148. The van der Waals surface area contributed by atoms with E-state index in [9.17, 15) is 0 Å². The molecule has 0 amide bonds. The van der Waals surface area contributed by atoms with Crippen LogP contribution in [0.4, 0.5) is 0 Å². The van der Waals surface area contributed by atoms with E-state index < -0.39 is 6.29 Å². The molecule has 5 nitrogen and oxygen atoms in total. The summed E-state index contributed by atoms with van der Waals surface area (Å²) in [7, 11) is 0. The van der Waals surface area contributed by atoms with E-state index in [-0.39, 0.29) is 6.04 Å². The van der Waals surface area contributed by atoms with Crippen molar-refractivity contribution in [1.82, 2.24) is 0 Å². The van der Waals surface area contributed by atoms with Gasteiger partial charge in [0.05, 0.1) is 6.04 Å². The first-order valence-corrected chi connectivity index (χ1v) is 4.57. The smallest absolute Gasteiger partial charge is 0.165 e. The maximum Gasteiger partial charge on any atom is 0.165 e. The predicted molar refractivity (Wildman–Crippen MR) is 50.3 cm³/mol. The van der Waals surface area contributed by atoms with Gasteiger partial charge in [0, 0.05) is 18.1 Å². The Bertz CT molecular complexity index is 163. The molecule has 0 aliphatic carbocycles. The highest BCUT2D eigenvalue weighted by molar-refractivity contribution is 4.69. The van der Waals surface area contributed by atoms with Gasteiger partial charge in [-0.25, -0.2) is 0 Å². The first-order chi connectivity index (χ1) is 6.29. The minimum absolute atomic E-state index is 0.232. The molecule has 1 atom stereocenters. The Hall–Kier alpha value is -0.770. The zero-order valence-corrected chi connectivity index (χ0v) is 8.43. The second kappa shape index (κ2) is 7.86. The van der Waals surface area contributed by atoms with Gasteiger partial charge < -0.3 is 9.47 Å². The van der Waals surface area contributed by atoms with Crippen LogP contribution in [0.15, 0.2) is 5.11 Å². The molecule has 0 saturated carbocycles. The van der Waals surface area contributed by atoms with Crippen molar-refractivity contribution in [2.75, 3.05) is 13.2 Å². The lowest BCUT2D eigenvalue weighted by Crippen LogP contribution is -2.29. The molecule has 5 heteroatoms. The monoisotopic (exact) mass is 187 g/mol. The van der Waals surface area contributed by atoms with Crippen molar-refractivity contribution in [3.63, 3.8) is 0 Å². The Labute approximate surface area is 78.7 Å². The third-order valence-electron chi connectivity index (χ3n) is 1.59. The van der Waals surface area contributed by atoms with Gasteiger partial charge in [0.15, 0.2) is 6.29 Å². The molecule has 0 aliphatic rings. The number of hydrogen-bond acceptors (Lipinski definition) is 3. The summed E-state index contributed by atoms with van der Waals surface area (Å²) in [6, 6.07) is -0.232. The molecule has 0 radical (unpaired) electrons. The molecule has 0 saturated heterocycles. The number of ether oxygens (including phenoxy) is 2. The average molecular weight is 187 g/mol. The summed E-state index contributed by atoms with van der Waals surface area (Å²) in [6.07, 6.45) is 0.310. The third-order valence-corrected chi connectivity index (χ3v) is 1.59. The Kier molecular flexibility index (Phi) is 7.39. The second-order valence-corrected chi connectivity index (χ2v) is 2.46. The Morgan fingerprint density at radius 2 is 1.77 bits per heavy atom. The van der Waals surface area contributed by atoms with E-state index in [1.807, 2.05) is 20.8 Å². The van der Waals surface area contributed by atoms with Gasteiger partial charge in [-0.1, -0.05) is 12.0 Å². The van der Waals surface area contributed by atoms with E-state index in [2.05, 4.69) is 10.0 Å². The van der Waals surface area contributed by atoms with Gasteiger partial charge in [-0.15, -0.1) is 0 Å². The van der Waals surface area contributed by atoms with Crippen molar-refractivity contribution < 1.29 is 9.47 Å². The number of hydrogen-bond donors (Lipinski definition) is 0. The summed E-state index contributed by atoms with van der Waals surface area (Å²) in [5.74, 6) is 0. The van der Waals surface area contributed by atoms with Crippen LogP contribution in [-0.2, 0) is 9.47 Å². The molecule has 13 heavy (non-hydrogen) atoms. The molecule has 0 fully saturated rings. The van der Waals surface area contributed by atoms with Gasteiger partial charge in [-0.05, 0) is 25.8 Å². The molecule has 76 valence electrons. The van der Waals surface area contributed by atoms with Crippen molar-refractivity contribution in [2.45, 2.75) is 39.5 Å². The van der Waals surface area contributed by atoms with E-state index in [4.69, 9.17) is 15.0 Å². The van der Waals surface area contributed by atoms with Crippen molar-refractivity contribution in [1.29, 1.82) is 0 Å². The highest BCUT2D eigenvalue weighted by atomic mass is 16.7. The summed E-state index contributed by atoms with van der Waals surface area (Å²) in [4.78, 5) is 2.76. The molecule has 1 unspecified atom stereocenters. The molecule has 0 heterocycles. The van der Waals surface area contributed by atoms with Gasteiger partial charge in [-0.2, -0.15) is 0 Å². The molecule has 0 spiro atoms. The van der Waals surface area contributed by atoms with Crippen LogP contribution in [0.3, 0.4) is 0 Å². The molecule has 0 aliphatic heterocycles. The van der Waals surface area contributed by atoms with Crippen molar-refractivity contribution in [3.8, 4) is 0 Å². The highest BCUT2D eigenvalue weighted by Crippen LogP contribution is 2.10. The maximum atomic E-state index is 8.30. The van der Waals surface area contributed by atoms with Crippen molar-refractivity contribution >= 4 is 0 Å². The van der Waals surface area contributed by atoms with Crippen LogP contribution in [0.25, 0.3) is 10.4 Å². The second-order valence-electron chi connectivity index (χ2n) is 2.46. The molecular weight excluding hydrogens is 170 g/mol. The molecule has 0 bridgehead atoms. The van der Waals surface area contributed by atoms with E-state index >= 15 is 0 Å². The number of rotatable bonds is 7. The van der Waals surface area contributed by atoms with Gasteiger partial charge in [0.1, 0.15) is 0 Å². The Morgan fingerprint density at radius 3 is 2.08 bits per heavy atom. The lowest BCUT2D eigenvalue weighted by atomic mass is 10.2. The van der Waals surface area contributed by atoms with E-state index in [0.717, 1.165) is 0 Å². The van der Waals surface area contributed by atoms with Gasteiger partial charge in [-0.3, -0.25) is 0 Å². The minimum atomic E-state index is -0.407. The largest absolute Gasteiger partial charge is 0.353 e. The Balaban J connectivity index is 4.18. The minimum Gasteiger partial charge on any atom is -0.353 e.